The van der Waals surface area contributed by atoms with Crippen LogP contribution in [0.3, 0.4) is 0 Å². The number of hydrogen-bond donors (Lipinski definition) is 1. The lowest BCUT2D eigenvalue weighted by Crippen LogP contribution is -2.54. The third-order valence-electron chi connectivity index (χ3n) is 5.71. The van der Waals surface area contributed by atoms with Gasteiger partial charge in [0.1, 0.15) is 12.6 Å². The van der Waals surface area contributed by atoms with Gasteiger partial charge in [0.25, 0.3) is 7.41 Å². The van der Waals surface area contributed by atoms with Crippen molar-refractivity contribution >= 4 is 25.5 Å². The number of amides is 3. The maximum absolute atomic E-state index is 12.7. The van der Waals surface area contributed by atoms with Gasteiger partial charge in [-0.1, -0.05) is 30.3 Å². The number of benzene rings is 1. The van der Waals surface area contributed by atoms with Gasteiger partial charge < -0.3 is 19.8 Å². The van der Waals surface area contributed by atoms with Gasteiger partial charge in [0, 0.05) is 19.0 Å². The summed E-state index contributed by atoms with van der Waals surface area (Å²) in [5.74, 6) is -0.0867. The van der Waals surface area contributed by atoms with Gasteiger partial charge in [0.2, 0.25) is 5.91 Å². The Morgan fingerprint density at radius 1 is 1.25 bits per heavy atom. The number of nitrogens with zero attached hydrogens (tertiary/aromatic N) is 3. The first-order chi connectivity index (χ1) is 13.7. The molecule has 8 nitrogen and oxygen atoms in total. The molecule has 0 aromatic heterocycles. The fourth-order valence-corrected chi connectivity index (χ4v) is 4.18. The highest BCUT2D eigenvalue weighted by atomic mass is 16.7. The zero-order valence-corrected chi connectivity index (χ0v) is 15.7. The van der Waals surface area contributed by atoms with Gasteiger partial charge in [-0.05, 0) is 31.5 Å². The predicted molar refractivity (Wildman–Crippen MR) is 103 cm³/mol. The summed E-state index contributed by atoms with van der Waals surface area (Å²) >= 11 is 0. The third-order valence-corrected chi connectivity index (χ3v) is 5.71. The Bertz CT molecular complexity index is 726. The van der Waals surface area contributed by atoms with Crippen LogP contribution >= 0.6 is 0 Å². The first-order valence-electron chi connectivity index (χ1n) is 9.75. The molecule has 3 heterocycles. The summed E-state index contributed by atoms with van der Waals surface area (Å²) in [4.78, 5) is 45.2. The van der Waals surface area contributed by atoms with Crippen molar-refractivity contribution in [1.82, 2.24) is 20.1 Å². The number of rotatable bonds is 7. The molecule has 3 fully saturated rings. The van der Waals surface area contributed by atoms with E-state index in [4.69, 9.17) is 4.84 Å². The molecule has 0 saturated carbocycles. The molecule has 0 aliphatic carbocycles. The lowest BCUT2D eigenvalue weighted by molar-refractivity contribution is -0.151. The summed E-state index contributed by atoms with van der Waals surface area (Å²) in [6, 6.07) is 9.05. The molecule has 28 heavy (non-hydrogen) atoms. The average Bonchev–Trinajstić information content (AvgIpc) is 3.28. The molecule has 2 bridgehead atoms. The van der Waals surface area contributed by atoms with E-state index in [1.165, 1.54) is 5.06 Å². The number of carbonyl (C=O) groups is 3. The van der Waals surface area contributed by atoms with E-state index in [0.29, 0.717) is 19.6 Å². The highest BCUT2D eigenvalue weighted by Crippen LogP contribution is 2.32. The van der Waals surface area contributed by atoms with Crippen LogP contribution in [0.4, 0.5) is 4.79 Å². The summed E-state index contributed by atoms with van der Waals surface area (Å²) in [6.07, 6.45) is 2.97. The van der Waals surface area contributed by atoms with E-state index in [-0.39, 0.29) is 24.0 Å². The number of piperidine rings is 1. The normalized spacial score (nSPS) is 25.2. The Labute approximate surface area is 165 Å². The van der Waals surface area contributed by atoms with Gasteiger partial charge in [0.05, 0.1) is 12.2 Å². The van der Waals surface area contributed by atoms with Crippen LogP contribution in [0.1, 0.15) is 24.8 Å². The molecular weight excluding hydrogens is 359 g/mol. The maximum Gasteiger partial charge on any atom is 0.345 e. The molecule has 3 aliphatic heterocycles. The van der Waals surface area contributed by atoms with Crippen molar-refractivity contribution in [2.45, 2.75) is 44.0 Å². The van der Waals surface area contributed by atoms with Crippen molar-refractivity contribution in [3.63, 3.8) is 0 Å². The van der Waals surface area contributed by atoms with Gasteiger partial charge in [-0.2, -0.15) is 5.06 Å². The number of urea groups is 1. The van der Waals surface area contributed by atoms with Crippen LogP contribution in [0.2, 0.25) is 0 Å². The van der Waals surface area contributed by atoms with Crippen LogP contribution in [0.25, 0.3) is 0 Å². The highest BCUT2D eigenvalue weighted by molar-refractivity contribution is 6.64. The zero-order chi connectivity index (χ0) is 19.5. The Kier molecular flexibility index (Phi) is 5.63. The lowest BCUT2D eigenvalue weighted by Gasteiger charge is -2.34. The first kappa shape index (κ1) is 19.0. The van der Waals surface area contributed by atoms with Crippen molar-refractivity contribution in [1.29, 1.82) is 0 Å². The number of fused-ring (bicyclic) bond motifs is 2. The summed E-state index contributed by atoms with van der Waals surface area (Å²) < 4.78 is 0. The van der Waals surface area contributed by atoms with E-state index in [2.05, 4.69) is 5.32 Å². The minimum Gasteiger partial charge on any atom is -0.351 e. The Morgan fingerprint density at radius 2 is 2.00 bits per heavy atom. The number of nitrogens with one attached hydrogen (secondary N) is 1. The van der Waals surface area contributed by atoms with Gasteiger partial charge in [-0.3, -0.25) is 9.63 Å². The van der Waals surface area contributed by atoms with Crippen LogP contribution in [-0.2, 0) is 21.0 Å². The van der Waals surface area contributed by atoms with E-state index in [9.17, 15) is 14.4 Å². The molecular formula is C19H24BN4O4. The molecule has 9 heteroatoms. The average molecular weight is 383 g/mol. The topological polar surface area (TPSA) is 82.2 Å². The first-order valence-corrected chi connectivity index (χ1v) is 9.75. The van der Waals surface area contributed by atoms with Crippen molar-refractivity contribution in [3.8, 4) is 0 Å². The van der Waals surface area contributed by atoms with Crippen LogP contribution in [-0.4, -0.2) is 78.1 Å². The van der Waals surface area contributed by atoms with E-state index in [0.717, 1.165) is 37.7 Å². The molecule has 1 radical (unpaired) electrons. The zero-order valence-electron chi connectivity index (χ0n) is 15.7. The lowest BCUT2D eigenvalue weighted by atomic mass is 9.89. The summed E-state index contributed by atoms with van der Waals surface area (Å²) in [5.41, 5.74) is 1.00. The van der Waals surface area contributed by atoms with E-state index in [1.54, 1.807) is 12.3 Å². The molecule has 2 atom stereocenters. The molecule has 147 valence electrons. The van der Waals surface area contributed by atoms with Crippen LogP contribution in [0.5, 0.6) is 0 Å². The minimum atomic E-state index is -0.423. The monoisotopic (exact) mass is 383 g/mol. The molecule has 1 N–H and O–H groups in total. The van der Waals surface area contributed by atoms with Crippen molar-refractivity contribution in [2.24, 2.45) is 0 Å². The SMILES string of the molecule is O=C[B]N1CCC(NC(=O)[C@@H]2C[C@H]3CN2C(=O)N3OCc2ccccc2)CC1. The van der Waals surface area contributed by atoms with Crippen LogP contribution in [0.15, 0.2) is 30.3 Å². The molecule has 0 unspecified atom stereocenters. The quantitative estimate of drug-likeness (QED) is 0.544. The molecule has 3 amide bonds. The van der Waals surface area contributed by atoms with Gasteiger partial charge >= 0.3 is 6.03 Å². The fourth-order valence-electron chi connectivity index (χ4n) is 4.18. The van der Waals surface area contributed by atoms with E-state index < -0.39 is 6.04 Å². The minimum absolute atomic E-state index is 0.0867. The fraction of sp³-hybridized carbons (Fsp3) is 0.526. The van der Waals surface area contributed by atoms with E-state index >= 15 is 0 Å². The molecule has 0 spiro atoms. The third kappa shape index (κ3) is 3.90. The number of carbonyl (C=O) groups excluding carboxylic acids is 3. The Hall–Kier alpha value is -2.39. The van der Waals surface area contributed by atoms with E-state index in [1.807, 2.05) is 35.1 Å². The van der Waals surface area contributed by atoms with Gasteiger partial charge in [-0.25, -0.2) is 4.79 Å². The summed E-state index contributed by atoms with van der Waals surface area (Å²) in [7, 11) is 1.54. The molecule has 3 aliphatic rings. The van der Waals surface area contributed by atoms with Crippen molar-refractivity contribution in [3.05, 3.63) is 35.9 Å². The largest absolute Gasteiger partial charge is 0.351 e. The summed E-state index contributed by atoms with van der Waals surface area (Å²) in [6.45, 7) is 2.37. The van der Waals surface area contributed by atoms with Crippen molar-refractivity contribution < 1.29 is 19.2 Å². The predicted octanol–water partition coefficient (Wildman–Crippen LogP) is 0.387. The van der Waals surface area contributed by atoms with Gasteiger partial charge in [-0.15, -0.1) is 0 Å². The number of hydrogen-bond acceptors (Lipinski definition) is 5. The van der Waals surface area contributed by atoms with Gasteiger partial charge in [0.15, 0.2) is 0 Å². The van der Waals surface area contributed by atoms with Crippen LogP contribution in [0, 0.1) is 0 Å². The standard InChI is InChI=1S/C19H24BN4O4/c25-13-20-22-8-6-15(7-9-22)21-18(26)17-10-16-11-23(17)19(27)24(16)28-12-14-4-2-1-3-5-14/h1-5,13,15-17H,6-12H2,(H,21,26)/t16-,17-/m0/s1. The second kappa shape index (κ2) is 8.32. The molecule has 1 aromatic carbocycles. The Balaban J connectivity index is 1.26. The van der Waals surface area contributed by atoms with Crippen LogP contribution < -0.4 is 5.32 Å². The second-order valence-electron chi connectivity index (χ2n) is 7.53. The highest BCUT2D eigenvalue weighted by Gasteiger charge is 2.52. The maximum atomic E-state index is 12.7. The molecule has 3 saturated heterocycles. The molecule has 4 rings (SSSR count). The smallest absolute Gasteiger partial charge is 0.345 e. The van der Waals surface area contributed by atoms with Crippen molar-refractivity contribution in [2.75, 3.05) is 19.6 Å². The second-order valence-corrected chi connectivity index (χ2v) is 7.53. The Morgan fingerprint density at radius 3 is 2.68 bits per heavy atom. The number of hydroxylamine groups is 2. The molecule has 1 aromatic rings. The summed E-state index contributed by atoms with van der Waals surface area (Å²) in [5, 5.41) is 4.50.